The van der Waals surface area contributed by atoms with E-state index in [1.165, 1.54) is 0 Å². The van der Waals surface area contributed by atoms with E-state index in [9.17, 15) is 9.13 Å². The van der Waals surface area contributed by atoms with Crippen LogP contribution in [0, 0.1) is 0 Å². The van der Waals surface area contributed by atoms with Crippen molar-refractivity contribution in [1.29, 1.82) is 0 Å². The Morgan fingerprint density at radius 1 is 1.21 bits per heavy atom. The largest absolute Gasteiger partial charge is 0.373 e. The van der Waals surface area contributed by atoms with Crippen molar-refractivity contribution >= 4 is 15.2 Å². The molecule has 0 saturated carbocycles. The van der Waals surface area contributed by atoms with Gasteiger partial charge in [0.05, 0.1) is 0 Å². The summed E-state index contributed by atoms with van der Waals surface area (Å²) in [6.07, 6.45) is 0.748. The minimum atomic E-state index is -4.54. The molecule has 0 aromatic heterocycles. The van der Waals surface area contributed by atoms with E-state index in [-0.39, 0.29) is 0 Å². The van der Waals surface area contributed by atoms with Gasteiger partial charge in [0.25, 0.3) is 0 Å². The van der Waals surface area contributed by atoms with E-state index in [0.29, 0.717) is 0 Å². The van der Waals surface area contributed by atoms with Gasteiger partial charge in [-0.25, -0.2) is 5.43 Å². The molecule has 1 aliphatic rings. The molecule has 11 heteroatoms. The van der Waals surface area contributed by atoms with Gasteiger partial charge in [-0.3, -0.25) is 9.13 Å². The van der Waals surface area contributed by atoms with Crippen molar-refractivity contribution in [3.05, 3.63) is 11.5 Å². The molecule has 1 rings (SSSR count). The average Bonchev–Trinajstić information content (AvgIpc) is 2.01. The van der Waals surface area contributed by atoms with E-state index in [0.717, 1.165) is 6.08 Å². The summed E-state index contributed by atoms with van der Waals surface area (Å²) in [5, 5.41) is 0. The van der Waals surface area contributed by atoms with Crippen LogP contribution in [0.1, 0.15) is 0 Å². The molecular weight excluding hydrogens is 236 g/mol. The van der Waals surface area contributed by atoms with Crippen LogP contribution in [0.15, 0.2) is 11.5 Å². The number of hydrazine groups is 2. The van der Waals surface area contributed by atoms with Crippen molar-refractivity contribution in [2.24, 2.45) is 0 Å². The molecule has 0 aromatic rings. The van der Waals surface area contributed by atoms with E-state index in [2.05, 4.69) is 10.9 Å². The Hall–Kier alpha value is -0.240. The monoisotopic (exact) mass is 245 g/mol. The highest BCUT2D eigenvalue weighted by Crippen LogP contribution is 2.47. The van der Waals surface area contributed by atoms with Crippen molar-refractivity contribution in [2.75, 3.05) is 0 Å². The van der Waals surface area contributed by atoms with Crippen LogP contribution in [-0.2, 0) is 9.13 Å². The molecule has 1 atom stereocenters. The van der Waals surface area contributed by atoms with Crippen molar-refractivity contribution in [3.8, 4) is 0 Å². The van der Waals surface area contributed by atoms with Crippen LogP contribution < -0.4 is 16.4 Å². The second kappa shape index (κ2) is 3.73. The van der Waals surface area contributed by atoms with Crippen LogP contribution in [0.2, 0.25) is 0 Å². The van der Waals surface area contributed by atoms with Gasteiger partial charge in [-0.1, -0.05) is 0 Å². The van der Waals surface area contributed by atoms with E-state index in [4.69, 9.17) is 19.6 Å². The van der Waals surface area contributed by atoms with Gasteiger partial charge < -0.3 is 25.0 Å². The van der Waals surface area contributed by atoms with E-state index >= 15 is 0 Å². The second-order valence-corrected chi connectivity index (χ2v) is 5.83. The van der Waals surface area contributed by atoms with Gasteiger partial charge in [-0.05, 0) is 6.08 Å². The Morgan fingerprint density at radius 3 is 2.21 bits per heavy atom. The first-order valence-electron chi connectivity index (χ1n) is 3.31. The molecule has 1 unspecified atom stereocenters. The normalized spacial score (nSPS) is 24.0. The fourth-order valence-corrected chi connectivity index (χ4v) is 2.00. The van der Waals surface area contributed by atoms with Crippen molar-refractivity contribution in [2.45, 2.75) is 5.78 Å². The first-order chi connectivity index (χ1) is 6.21. The smallest absolute Gasteiger partial charge is 0.323 e. The van der Waals surface area contributed by atoms with Gasteiger partial charge >= 0.3 is 15.2 Å². The maximum absolute atomic E-state index is 10.7. The molecule has 0 spiro atoms. The molecular formula is C3H9N3O6P2. The SMILES string of the molecule is O=P(O)(O)C1=CC(P(=O)(O)O)NNN1. The zero-order valence-electron chi connectivity index (χ0n) is 6.65. The standard InChI is InChI=1S/C3H9N3O6P2/c7-13(8,9)2-1-3(5-6-4-2)14(10,11)12/h1-2,4-6H,(H2,7,8,9)(H2,10,11,12). The van der Waals surface area contributed by atoms with Crippen LogP contribution in [0.3, 0.4) is 0 Å². The molecule has 82 valence electrons. The fourth-order valence-electron chi connectivity index (χ4n) is 0.758. The third-order valence-corrected chi connectivity index (χ3v) is 3.29. The molecule has 1 aliphatic heterocycles. The van der Waals surface area contributed by atoms with Gasteiger partial charge in [0, 0.05) is 0 Å². The summed E-state index contributed by atoms with van der Waals surface area (Å²) in [7, 11) is -9.03. The first-order valence-corrected chi connectivity index (χ1v) is 6.60. The first kappa shape index (κ1) is 11.8. The lowest BCUT2D eigenvalue weighted by Gasteiger charge is -2.25. The molecule has 0 aromatic carbocycles. The average molecular weight is 245 g/mol. The summed E-state index contributed by atoms with van der Waals surface area (Å²) in [6, 6.07) is 0. The summed E-state index contributed by atoms with van der Waals surface area (Å²) >= 11 is 0. The second-order valence-electron chi connectivity index (χ2n) is 2.52. The molecule has 0 radical (unpaired) electrons. The molecule has 0 fully saturated rings. The lowest BCUT2D eigenvalue weighted by atomic mass is 10.6. The summed E-state index contributed by atoms with van der Waals surface area (Å²) < 4.78 is 21.4. The molecule has 0 amide bonds. The summed E-state index contributed by atoms with van der Waals surface area (Å²) in [5.41, 5.74) is 5.64. The maximum atomic E-state index is 10.7. The highest BCUT2D eigenvalue weighted by atomic mass is 31.2. The quantitative estimate of drug-likeness (QED) is 0.277. The van der Waals surface area contributed by atoms with E-state index < -0.39 is 26.4 Å². The number of nitrogens with one attached hydrogen (secondary N) is 3. The van der Waals surface area contributed by atoms with Crippen LogP contribution in [-0.4, -0.2) is 25.4 Å². The summed E-state index contributed by atoms with van der Waals surface area (Å²) in [4.78, 5) is 34.8. The van der Waals surface area contributed by atoms with Crippen LogP contribution in [0.25, 0.3) is 0 Å². The Labute approximate surface area is 78.5 Å². The van der Waals surface area contributed by atoms with Crippen LogP contribution >= 0.6 is 15.2 Å². The Bertz CT molecular complexity index is 342. The van der Waals surface area contributed by atoms with Crippen molar-refractivity contribution < 1.29 is 28.7 Å². The van der Waals surface area contributed by atoms with Crippen LogP contribution in [0.4, 0.5) is 0 Å². The molecule has 7 N–H and O–H groups in total. The van der Waals surface area contributed by atoms with Crippen LogP contribution in [0.5, 0.6) is 0 Å². The molecule has 1 heterocycles. The van der Waals surface area contributed by atoms with Gasteiger partial charge in [-0.15, -0.1) is 0 Å². The zero-order chi connectivity index (χ0) is 11.0. The molecule has 0 saturated heterocycles. The summed E-state index contributed by atoms with van der Waals surface area (Å²) in [6.45, 7) is 0. The fraction of sp³-hybridized carbons (Fsp3) is 0.333. The molecule has 14 heavy (non-hydrogen) atoms. The Kier molecular flexibility index (Phi) is 3.15. The topological polar surface area (TPSA) is 151 Å². The molecule has 0 aliphatic carbocycles. The zero-order valence-corrected chi connectivity index (χ0v) is 8.44. The van der Waals surface area contributed by atoms with Gasteiger partial charge in [0.2, 0.25) is 0 Å². The third kappa shape index (κ3) is 2.88. The highest BCUT2D eigenvalue weighted by molar-refractivity contribution is 7.56. The lowest BCUT2D eigenvalue weighted by Crippen LogP contribution is -2.51. The lowest BCUT2D eigenvalue weighted by molar-refractivity contribution is 0.331. The highest BCUT2D eigenvalue weighted by Gasteiger charge is 2.33. The third-order valence-electron chi connectivity index (χ3n) is 1.40. The predicted octanol–water partition coefficient (Wildman–Crippen LogP) is -1.88. The Morgan fingerprint density at radius 2 is 1.79 bits per heavy atom. The van der Waals surface area contributed by atoms with Gasteiger partial charge in [0.15, 0.2) is 0 Å². The van der Waals surface area contributed by atoms with Gasteiger partial charge in [-0.2, -0.15) is 5.53 Å². The molecule has 9 nitrogen and oxygen atoms in total. The molecule has 0 bridgehead atoms. The number of hydrogen-bond acceptors (Lipinski definition) is 5. The Balaban J connectivity index is 2.96. The predicted molar refractivity (Wildman–Crippen MR) is 45.4 cm³/mol. The van der Waals surface area contributed by atoms with Crippen molar-refractivity contribution in [3.63, 3.8) is 0 Å². The van der Waals surface area contributed by atoms with Gasteiger partial charge in [0.1, 0.15) is 11.2 Å². The maximum Gasteiger partial charge on any atom is 0.373 e. The number of hydrogen-bond donors (Lipinski definition) is 7. The minimum Gasteiger partial charge on any atom is -0.323 e. The van der Waals surface area contributed by atoms with E-state index in [1.807, 2.05) is 5.53 Å². The number of rotatable bonds is 2. The summed E-state index contributed by atoms with van der Waals surface area (Å²) in [5.74, 6) is -1.47. The van der Waals surface area contributed by atoms with E-state index in [1.54, 1.807) is 0 Å². The van der Waals surface area contributed by atoms with Crippen molar-refractivity contribution in [1.82, 2.24) is 16.4 Å². The minimum absolute atomic E-state index is 0.579.